The Balaban J connectivity index is 2.02. The third-order valence-corrected chi connectivity index (χ3v) is 3.39. The van der Waals surface area contributed by atoms with Crippen LogP contribution in [0.15, 0.2) is 24.3 Å². The van der Waals surface area contributed by atoms with Crippen LogP contribution in [-0.4, -0.2) is 20.2 Å². The Morgan fingerprint density at radius 1 is 1.41 bits per heavy atom. The van der Waals surface area contributed by atoms with Crippen LogP contribution >= 0.6 is 0 Å². The first-order valence-corrected chi connectivity index (χ1v) is 5.72. The summed E-state index contributed by atoms with van der Waals surface area (Å²) in [5.74, 6) is 0.799. The fourth-order valence-electron chi connectivity index (χ4n) is 2.13. The fraction of sp³-hybridized carbons (Fsp3) is 0.417. The lowest BCUT2D eigenvalue weighted by Crippen LogP contribution is -2.04. The van der Waals surface area contributed by atoms with Gasteiger partial charge in [-0.3, -0.25) is 0 Å². The predicted octanol–water partition coefficient (Wildman–Crippen LogP) is 1.89. The van der Waals surface area contributed by atoms with Crippen LogP contribution in [0.1, 0.15) is 26.3 Å². The SMILES string of the molecule is CC1(C)CC1n1nnnc1-c1cccc(N)c1. The van der Waals surface area contributed by atoms with E-state index in [4.69, 9.17) is 5.73 Å². The highest BCUT2D eigenvalue weighted by atomic mass is 15.6. The van der Waals surface area contributed by atoms with Crippen molar-refractivity contribution in [3.8, 4) is 11.4 Å². The van der Waals surface area contributed by atoms with Crippen molar-refractivity contribution < 1.29 is 0 Å². The molecule has 1 aromatic carbocycles. The second-order valence-corrected chi connectivity index (χ2v) is 5.28. The van der Waals surface area contributed by atoms with Crippen LogP contribution in [0.2, 0.25) is 0 Å². The van der Waals surface area contributed by atoms with Gasteiger partial charge in [0.25, 0.3) is 0 Å². The molecule has 1 atom stereocenters. The zero-order chi connectivity index (χ0) is 12.0. The number of nitrogens with zero attached hydrogens (tertiary/aromatic N) is 4. The molecule has 1 unspecified atom stereocenters. The van der Waals surface area contributed by atoms with Crippen LogP contribution in [0.3, 0.4) is 0 Å². The Bertz CT molecular complexity index is 558. The van der Waals surface area contributed by atoms with Gasteiger partial charge >= 0.3 is 0 Å². The molecule has 5 heteroatoms. The number of aromatic nitrogens is 4. The van der Waals surface area contributed by atoms with Gasteiger partial charge in [-0.2, -0.15) is 0 Å². The summed E-state index contributed by atoms with van der Waals surface area (Å²) in [6, 6.07) is 8.06. The molecule has 3 rings (SSSR count). The maximum absolute atomic E-state index is 5.78. The monoisotopic (exact) mass is 229 g/mol. The van der Waals surface area contributed by atoms with Crippen molar-refractivity contribution >= 4 is 5.69 Å². The van der Waals surface area contributed by atoms with Crippen molar-refractivity contribution in [1.82, 2.24) is 20.2 Å². The van der Waals surface area contributed by atoms with E-state index in [1.54, 1.807) is 0 Å². The third kappa shape index (κ3) is 1.67. The molecule has 1 fully saturated rings. The van der Waals surface area contributed by atoms with E-state index in [0.717, 1.165) is 23.5 Å². The van der Waals surface area contributed by atoms with Gasteiger partial charge in [0.1, 0.15) is 0 Å². The summed E-state index contributed by atoms with van der Waals surface area (Å²) in [7, 11) is 0. The lowest BCUT2D eigenvalue weighted by atomic mass is 10.1. The first-order valence-electron chi connectivity index (χ1n) is 5.72. The molecule has 1 heterocycles. The second kappa shape index (κ2) is 3.29. The highest BCUT2D eigenvalue weighted by Gasteiger charge is 2.49. The van der Waals surface area contributed by atoms with Crippen molar-refractivity contribution in [2.24, 2.45) is 5.41 Å². The lowest BCUT2D eigenvalue weighted by molar-refractivity contribution is 0.497. The van der Waals surface area contributed by atoms with Crippen molar-refractivity contribution in [1.29, 1.82) is 0 Å². The molecule has 17 heavy (non-hydrogen) atoms. The summed E-state index contributed by atoms with van der Waals surface area (Å²) in [5.41, 5.74) is 7.78. The molecule has 2 aromatic rings. The molecule has 0 saturated heterocycles. The number of tetrazole rings is 1. The molecule has 1 aliphatic carbocycles. The molecule has 1 aliphatic rings. The van der Waals surface area contributed by atoms with Crippen molar-refractivity contribution in [2.45, 2.75) is 26.3 Å². The molecule has 1 aromatic heterocycles. The average Bonchev–Trinajstić information content (AvgIpc) is 2.75. The van der Waals surface area contributed by atoms with Gasteiger partial charge in [-0.05, 0) is 34.4 Å². The summed E-state index contributed by atoms with van der Waals surface area (Å²) < 4.78 is 1.91. The Labute approximate surface area is 99.6 Å². The normalized spacial score (nSPS) is 21.4. The van der Waals surface area contributed by atoms with Crippen molar-refractivity contribution in [3.05, 3.63) is 24.3 Å². The van der Waals surface area contributed by atoms with Gasteiger partial charge in [0.15, 0.2) is 5.82 Å². The van der Waals surface area contributed by atoms with Crippen LogP contribution in [0.25, 0.3) is 11.4 Å². The molecule has 0 spiro atoms. The van der Waals surface area contributed by atoms with Crippen molar-refractivity contribution in [2.75, 3.05) is 5.73 Å². The van der Waals surface area contributed by atoms with Crippen LogP contribution < -0.4 is 5.73 Å². The summed E-state index contributed by atoms with van der Waals surface area (Å²) in [6.45, 7) is 4.45. The van der Waals surface area contributed by atoms with Gasteiger partial charge < -0.3 is 5.73 Å². The Morgan fingerprint density at radius 2 is 2.18 bits per heavy atom. The second-order valence-electron chi connectivity index (χ2n) is 5.28. The summed E-state index contributed by atoms with van der Waals surface area (Å²) in [4.78, 5) is 0. The number of rotatable bonds is 2. The van der Waals surface area contributed by atoms with Gasteiger partial charge in [0, 0.05) is 11.3 Å². The van der Waals surface area contributed by atoms with Gasteiger partial charge in [-0.1, -0.05) is 26.0 Å². The summed E-state index contributed by atoms with van der Waals surface area (Å²) in [6.07, 6.45) is 1.12. The first kappa shape index (κ1) is 10.3. The van der Waals surface area contributed by atoms with E-state index in [1.165, 1.54) is 0 Å². The topological polar surface area (TPSA) is 69.6 Å². The Morgan fingerprint density at radius 3 is 2.82 bits per heavy atom. The van der Waals surface area contributed by atoms with Gasteiger partial charge in [-0.25, -0.2) is 4.68 Å². The van der Waals surface area contributed by atoms with E-state index >= 15 is 0 Å². The van der Waals surface area contributed by atoms with Gasteiger partial charge in [-0.15, -0.1) is 5.10 Å². The van der Waals surface area contributed by atoms with Gasteiger partial charge in [0.2, 0.25) is 0 Å². The smallest absolute Gasteiger partial charge is 0.182 e. The minimum atomic E-state index is 0.296. The highest BCUT2D eigenvalue weighted by Crippen LogP contribution is 2.55. The third-order valence-electron chi connectivity index (χ3n) is 3.39. The van der Waals surface area contributed by atoms with Crippen LogP contribution in [0.4, 0.5) is 5.69 Å². The molecule has 0 amide bonds. The summed E-state index contributed by atoms with van der Waals surface area (Å²) >= 11 is 0. The zero-order valence-electron chi connectivity index (χ0n) is 9.96. The summed E-state index contributed by atoms with van der Waals surface area (Å²) in [5, 5.41) is 12.0. The minimum Gasteiger partial charge on any atom is -0.399 e. The number of nitrogen functional groups attached to an aromatic ring is 1. The quantitative estimate of drug-likeness (QED) is 0.798. The molecular formula is C12H15N5. The lowest BCUT2D eigenvalue weighted by Gasteiger charge is -2.06. The number of nitrogens with two attached hydrogens (primary N) is 1. The highest BCUT2D eigenvalue weighted by molar-refractivity contribution is 5.60. The fourth-order valence-corrected chi connectivity index (χ4v) is 2.13. The number of anilines is 1. The van der Waals surface area contributed by atoms with E-state index < -0.39 is 0 Å². The molecule has 1 saturated carbocycles. The van der Waals surface area contributed by atoms with E-state index in [2.05, 4.69) is 29.4 Å². The first-order chi connectivity index (χ1) is 8.08. The molecule has 2 N–H and O–H groups in total. The van der Waals surface area contributed by atoms with Crippen LogP contribution in [0.5, 0.6) is 0 Å². The minimum absolute atomic E-state index is 0.296. The predicted molar refractivity (Wildman–Crippen MR) is 65.1 cm³/mol. The molecule has 5 nitrogen and oxygen atoms in total. The Kier molecular flexibility index (Phi) is 1.98. The maximum Gasteiger partial charge on any atom is 0.182 e. The largest absolute Gasteiger partial charge is 0.399 e. The zero-order valence-corrected chi connectivity index (χ0v) is 9.96. The van der Waals surface area contributed by atoms with E-state index in [1.807, 2.05) is 28.9 Å². The van der Waals surface area contributed by atoms with Crippen molar-refractivity contribution in [3.63, 3.8) is 0 Å². The molecule has 0 aliphatic heterocycles. The molecule has 0 bridgehead atoms. The van der Waals surface area contributed by atoms with Crippen LogP contribution in [-0.2, 0) is 0 Å². The van der Waals surface area contributed by atoms with E-state index in [9.17, 15) is 0 Å². The standard InChI is InChI=1S/C12H15N5/c1-12(2)7-10(12)17-11(14-15-16-17)8-4-3-5-9(13)6-8/h3-6,10H,7,13H2,1-2H3. The molecule has 0 radical (unpaired) electrons. The van der Waals surface area contributed by atoms with E-state index in [-0.39, 0.29) is 0 Å². The van der Waals surface area contributed by atoms with Gasteiger partial charge in [0.05, 0.1) is 6.04 Å². The van der Waals surface area contributed by atoms with Crippen LogP contribution in [0, 0.1) is 5.41 Å². The maximum atomic E-state index is 5.78. The van der Waals surface area contributed by atoms with E-state index in [0.29, 0.717) is 11.5 Å². The Hall–Kier alpha value is -1.91. The average molecular weight is 229 g/mol. The number of hydrogen-bond acceptors (Lipinski definition) is 4. The molecular weight excluding hydrogens is 214 g/mol. The number of hydrogen-bond donors (Lipinski definition) is 1. The number of benzene rings is 1. The molecule has 88 valence electrons.